The molecular weight excluding hydrogens is 356 g/mol. The maximum absolute atomic E-state index is 5.30. The van der Waals surface area contributed by atoms with Crippen molar-refractivity contribution in [3.8, 4) is 0 Å². The number of anilines is 1. The molecule has 2 unspecified atom stereocenters. The first-order valence-electron chi connectivity index (χ1n) is 9.73. The SMILES string of the molecule is COCc1cc(NCC2CCCN(C)C2c2cccs2)nc(C(C)(C)C)n1. The molecule has 1 aliphatic rings. The average Bonchev–Trinajstić information content (AvgIpc) is 3.13. The minimum Gasteiger partial charge on any atom is -0.378 e. The minimum absolute atomic E-state index is 0.0925. The topological polar surface area (TPSA) is 50.3 Å². The Morgan fingerprint density at radius 1 is 1.33 bits per heavy atom. The molecule has 1 aliphatic heterocycles. The molecule has 1 fully saturated rings. The highest BCUT2D eigenvalue weighted by Crippen LogP contribution is 2.37. The highest BCUT2D eigenvalue weighted by molar-refractivity contribution is 7.10. The smallest absolute Gasteiger partial charge is 0.136 e. The van der Waals surface area contributed by atoms with Crippen molar-refractivity contribution in [1.29, 1.82) is 0 Å². The van der Waals surface area contributed by atoms with Crippen LogP contribution < -0.4 is 5.32 Å². The lowest BCUT2D eigenvalue weighted by atomic mass is 9.88. The number of hydrogen-bond acceptors (Lipinski definition) is 6. The van der Waals surface area contributed by atoms with Crippen molar-refractivity contribution in [1.82, 2.24) is 14.9 Å². The van der Waals surface area contributed by atoms with Crippen molar-refractivity contribution >= 4 is 17.2 Å². The molecule has 2 aromatic rings. The third kappa shape index (κ3) is 5.06. The van der Waals surface area contributed by atoms with E-state index in [1.807, 2.05) is 17.4 Å². The molecule has 2 atom stereocenters. The molecule has 6 heteroatoms. The summed E-state index contributed by atoms with van der Waals surface area (Å²) in [5.74, 6) is 2.33. The van der Waals surface area contributed by atoms with Crippen LogP contribution >= 0.6 is 11.3 Å². The molecule has 0 radical (unpaired) electrons. The Kier molecular flexibility index (Phi) is 6.50. The van der Waals surface area contributed by atoms with E-state index in [2.05, 4.69) is 60.5 Å². The number of rotatable bonds is 6. The molecule has 0 spiro atoms. The van der Waals surface area contributed by atoms with Gasteiger partial charge in [0.1, 0.15) is 11.6 Å². The molecule has 0 aliphatic carbocycles. The van der Waals surface area contributed by atoms with E-state index >= 15 is 0 Å². The molecule has 0 bridgehead atoms. The van der Waals surface area contributed by atoms with Crippen LogP contribution in [0.1, 0.15) is 56.1 Å². The Labute approximate surface area is 167 Å². The van der Waals surface area contributed by atoms with E-state index in [-0.39, 0.29) is 5.41 Å². The first kappa shape index (κ1) is 20.2. The summed E-state index contributed by atoms with van der Waals surface area (Å²) >= 11 is 1.86. The molecule has 3 heterocycles. The lowest BCUT2D eigenvalue weighted by Crippen LogP contribution is -2.38. The van der Waals surface area contributed by atoms with Gasteiger partial charge in [-0.3, -0.25) is 4.90 Å². The van der Waals surface area contributed by atoms with E-state index < -0.39 is 0 Å². The maximum atomic E-state index is 5.30. The fraction of sp³-hybridized carbons (Fsp3) is 0.619. The predicted octanol–water partition coefficient (Wildman–Crippen LogP) is 4.48. The molecule has 27 heavy (non-hydrogen) atoms. The summed E-state index contributed by atoms with van der Waals surface area (Å²) in [6.07, 6.45) is 2.48. The number of aromatic nitrogens is 2. The van der Waals surface area contributed by atoms with Crippen molar-refractivity contribution in [3.63, 3.8) is 0 Å². The van der Waals surface area contributed by atoms with Crippen molar-refractivity contribution in [3.05, 3.63) is 40.0 Å². The summed E-state index contributed by atoms with van der Waals surface area (Å²) in [5.41, 5.74) is 0.834. The Balaban J connectivity index is 1.77. The first-order valence-corrected chi connectivity index (χ1v) is 10.6. The number of ether oxygens (including phenoxy) is 1. The van der Waals surface area contributed by atoms with Gasteiger partial charge in [-0.1, -0.05) is 26.8 Å². The molecule has 3 rings (SSSR count). The molecular formula is C21H32N4OS. The second-order valence-electron chi connectivity index (χ2n) is 8.48. The van der Waals surface area contributed by atoms with E-state index in [1.54, 1.807) is 7.11 Å². The zero-order valence-electron chi connectivity index (χ0n) is 17.2. The number of methoxy groups -OCH3 is 1. The van der Waals surface area contributed by atoms with Gasteiger partial charge in [-0.05, 0) is 43.8 Å². The van der Waals surface area contributed by atoms with Crippen LogP contribution in [0.25, 0.3) is 0 Å². The standard InChI is InChI=1S/C21H32N4OS/c1-21(2,3)20-23-16(14-26-5)12-18(24-20)22-13-15-8-6-10-25(4)19(15)17-9-7-11-27-17/h7,9,11-12,15,19H,6,8,10,13-14H2,1-5H3,(H,22,23,24). The van der Waals surface area contributed by atoms with Crippen LogP contribution in [-0.4, -0.2) is 42.1 Å². The third-order valence-corrected chi connectivity index (χ3v) is 6.07. The van der Waals surface area contributed by atoms with Crippen molar-refractivity contribution in [2.45, 2.75) is 51.7 Å². The van der Waals surface area contributed by atoms with Crippen LogP contribution in [0.15, 0.2) is 23.6 Å². The molecule has 148 valence electrons. The van der Waals surface area contributed by atoms with Gasteiger partial charge in [0.15, 0.2) is 0 Å². The van der Waals surface area contributed by atoms with E-state index in [0.717, 1.165) is 23.9 Å². The number of hydrogen-bond donors (Lipinski definition) is 1. The summed E-state index contributed by atoms with van der Waals surface area (Å²) < 4.78 is 5.30. The highest BCUT2D eigenvalue weighted by Gasteiger charge is 2.31. The largest absolute Gasteiger partial charge is 0.378 e. The van der Waals surface area contributed by atoms with E-state index in [9.17, 15) is 0 Å². The van der Waals surface area contributed by atoms with Gasteiger partial charge in [0.05, 0.1) is 12.3 Å². The highest BCUT2D eigenvalue weighted by atomic mass is 32.1. The van der Waals surface area contributed by atoms with Crippen LogP contribution in [0.4, 0.5) is 5.82 Å². The second-order valence-corrected chi connectivity index (χ2v) is 9.45. The summed E-state index contributed by atoms with van der Waals surface area (Å²) in [7, 11) is 3.95. The molecule has 5 nitrogen and oxygen atoms in total. The van der Waals surface area contributed by atoms with Crippen molar-refractivity contribution in [2.24, 2.45) is 5.92 Å². The average molecular weight is 389 g/mol. The van der Waals surface area contributed by atoms with Crippen LogP contribution in [0.3, 0.4) is 0 Å². The Morgan fingerprint density at radius 2 is 2.15 bits per heavy atom. The van der Waals surface area contributed by atoms with Gasteiger partial charge in [-0.15, -0.1) is 11.3 Å². The Morgan fingerprint density at radius 3 is 2.81 bits per heavy atom. The monoisotopic (exact) mass is 388 g/mol. The summed E-state index contributed by atoms with van der Waals surface area (Å²) in [5, 5.41) is 5.79. The zero-order valence-corrected chi connectivity index (χ0v) is 18.0. The van der Waals surface area contributed by atoms with Gasteiger partial charge in [-0.25, -0.2) is 9.97 Å². The summed E-state index contributed by atoms with van der Waals surface area (Å²) in [6, 6.07) is 6.92. The first-order chi connectivity index (χ1) is 12.9. The van der Waals surface area contributed by atoms with Crippen LogP contribution in [-0.2, 0) is 16.8 Å². The number of thiophene rings is 1. The van der Waals surface area contributed by atoms with Gasteiger partial charge in [0.2, 0.25) is 0 Å². The zero-order chi connectivity index (χ0) is 19.4. The fourth-order valence-corrected chi connectivity index (χ4v) is 4.75. The van der Waals surface area contributed by atoms with Gasteiger partial charge in [0, 0.05) is 36.1 Å². The van der Waals surface area contributed by atoms with Gasteiger partial charge in [0.25, 0.3) is 0 Å². The number of likely N-dealkylation sites (tertiary alicyclic amines) is 1. The van der Waals surface area contributed by atoms with E-state index in [1.165, 1.54) is 24.3 Å². The molecule has 1 saturated heterocycles. The number of nitrogens with zero attached hydrogens (tertiary/aromatic N) is 3. The lowest BCUT2D eigenvalue weighted by molar-refractivity contribution is 0.130. The predicted molar refractivity (Wildman–Crippen MR) is 112 cm³/mol. The summed E-state index contributed by atoms with van der Waals surface area (Å²) in [6.45, 7) is 9.02. The van der Waals surface area contributed by atoms with Crippen molar-refractivity contribution in [2.75, 3.05) is 32.6 Å². The number of piperidine rings is 1. The number of nitrogens with one attached hydrogen (secondary N) is 1. The van der Waals surface area contributed by atoms with E-state index in [4.69, 9.17) is 9.72 Å². The van der Waals surface area contributed by atoms with Gasteiger partial charge < -0.3 is 10.1 Å². The Hall–Kier alpha value is -1.50. The van der Waals surface area contributed by atoms with Crippen molar-refractivity contribution < 1.29 is 4.74 Å². The molecule has 0 amide bonds. The maximum Gasteiger partial charge on any atom is 0.136 e. The minimum atomic E-state index is -0.0925. The molecule has 0 aromatic carbocycles. The fourth-order valence-electron chi connectivity index (χ4n) is 3.76. The van der Waals surface area contributed by atoms with Crippen LogP contribution in [0.2, 0.25) is 0 Å². The second kappa shape index (κ2) is 8.67. The Bertz CT molecular complexity index is 726. The molecule has 0 saturated carbocycles. The molecule has 2 aromatic heterocycles. The van der Waals surface area contributed by atoms with Crippen LogP contribution in [0.5, 0.6) is 0 Å². The summed E-state index contributed by atoms with van der Waals surface area (Å²) in [4.78, 5) is 13.4. The van der Waals surface area contributed by atoms with Gasteiger partial charge >= 0.3 is 0 Å². The van der Waals surface area contributed by atoms with E-state index in [0.29, 0.717) is 18.6 Å². The quantitative estimate of drug-likeness (QED) is 0.791. The van der Waals surface area contributed by atoms with Gasteiger partial charge in [-0.2, -0.15) is 0 Å². The third-order valence-electron chi connectivity index (χ3n) is 5.13. The normalized spacial score (nSPS) is 21.4. The van der Waals surface area contributed by atoms with Crippen LogP contribution in [0, 0.1) is 5.92 Å². The lowest BCUT2D eigenvalue weighted by Gasteiger charge is -2.39. The molecule has 1 N–H and O–H groups in total.